The van der Waals surface area contributed by atoms with Crippen LogP contribution in [0.15, 0.2) is 29.9 Å². The number of hydrogen-bond donors (Lipinski definition) is 0. The number of thiophene rings is 1. The first-order valence-electron chi connectivity index (χ1n) is 8.11. The molecule has 1 saturated heterocycles. The quantitative estimate of drug-likeness (QED) is 0.694. The first-order chi connectivity index (χ1) is 11.3. The molecule has 1 aliphatic heterocycles. The fraction of sp³-hybridized carbons (Fsp3) is 0.588. The molecule has 0 radical (unpaired) electrons. The van der Waals surface area contributed by atoms with Crippen molar-refractivity contribution < 1.29 is 9.47 Å². The average molecular weight is 335 g/mol. The number of hydrogen-bond acceptors (Lipinski definition) is 5. The Morgan fingerprint density at radius 3 is 3.00 bits per heavy atom. The molecule has 0 aromatic carbocycles. The second-order valence-electron chi connectivity index (χ2n) is 6.03. The summed E-state index contributed by atoms with van der Waals surface area (Å²) in [7, 11) is 3.68. The monoisotopic (exact) mass is 335 g/mol. The van der Waals surface area contributed by atoms with E-state index in [4.69, 9.17) is 9.47 Å². The summed E-state index contributed by atoms with van der Waals surface area (Å²) in [6.45, 7) is 3.41. The predicted molar refractivity (Wildman–Crippen MR) is 91.7 cm³/mol. The third kappa shape index (κ3) is 4.41. The fourth-order valence-corrected chi connectivity index (χ4v) is 3.97. The van der Waals surface area contributed by atoms with Crippen LogP contribution in [0.5, 0.6) is 0 Å². The van der Waals surface area contributed by atoms with Gasteiger partial charge in [0.1, 0.15) is 0 Å². The van der Waals surface area contributed by atoms with Crippen molar-refractivity contribution >= 4 is 11.3 Å². The van der Waals surface area contributed by atoms with Crippen LogP contribution in [0, 0.1) is 0 Å². The summed E-state index contributed by atoms with van der Waals surface area (Å²) >= 11 is 1.83. The van der Waals surface area contributed by atoms with Crippen LogP contribution in [-0.4, -0.2) is 53.7 Å². The van der Waals surface area contributed by atoms with E-state index >= 15 is 0 Å². The van der Waals surface area contributed by atoms with Crippen LogP contribution in [0.4, 0.5) is 0 Å². The van der Waals surface area contributed by atoms with Gasteiger partial charge < -0.3 is 9.47 Å². The van der Waals surface area contributed by atoms with Gasteiger partial charge in [0, 0.05) is 44.4 Å². The number of rotatable bonds is 8. The van der Waals surface area contributed by atoms with E-state index in [1.165, 1.54) is 10.4 Å². The number of likely N-dealkylation sites (tertiary alicyclic amines) is 1. The molecule has 0 bridgehead atoms. The highest BCUT2D eigenvalue weighted by Crippen LogP contribution is 2.27. The van der Waals surface area contributed by atoms with Crippen LogP contribution < -0.4 is 0 Å². The molecule has 0 saturated carbocycles. The topological polar surface area (TPSA) is 39.5 Å². The van der Waals surface area contributed by atoms with Crippen molar-refractivity contribution in [1.29, 1.82) is 0 Å². The summed E-state index contributed by atoms with van der Waals surface area (Å²) in [5.74, 6) is 0. The first kappa shape index (κ1) is 16.6. The molecule has 0 amide bonds. The van der Waals surface area contributed by atoms with E-state index in [2.05, 4.69) is 33.7 Å². The number of methoxy groups -OCH3 is 1. The smallest absolute Gasteiger partial charge is 0.0746 e. The summed E-state index contributed by atoms with van der Waals surface area (Å²) in [5.41, 5.74) is 1.27. The molecule has 2 aromatic rings. The molecule has 0 aliphatic carbocycles. The maximum absolute atomic E-state index is 6.09. The van der Waals surface area contributed by atoms with E-state index in [1.807, 2.05) is 29.3 Å². The van der Waals surface area contributed by atoms with E-state index in [0.29, 0.717) is 19.3 Å². The first-order valence-corrected chi connectivity index (χ1v) is 8.98. The SMILES string of the molecule is COCCO[C@H]1CCN(Cc2cccs2)[C@H]1Cc1cnn(C)c1. The van der Waals surface area contributed by atoms with E-state index in [0.717, 1.165) is 25.9 Å². The van der Waals surface area contributed by atoms with Crippen LogP contribution in [-0.2, 0) is 29.5 Å². The van der Waals surface area contributed by atoms with Gasteiger partial charge in [-0.3, -0.25) is 9.58 Å². The van der Waals surface area contributed by atoms with Crippen LogP contribution >= 0.6 is 11.3 Å². The molecule has 23 heavy (non-hydrogen) atoms. The molecule has 1 aliphatic rings. The van der Waals surface area contributed by atoms with E-state index in [1.54, 1.807) is 7.11 Å². The Labute approximate surface area is 141 Å². The maximum Gasteiger partial charge on any atom is 0.0746 e. The molecule has 3 rings (SSSR count). The Morgan fingerprint density at radius 2 is 2.30 bits per heavy atom. The van der Waals surface area contributed by atoms with E-state index in [-0.39, 0.29) is 6.10 Å². The average Bonchev–Trinajstić information content (AvgIpc) is 3.26. The standard InChI is InChI=1S/C17H25N3O2S/c1-19-12-14(11-18-19)10-16-17(22-8-7-21-2)5-6-20(16)13-15-4-3-9-23-15/h3-4,9,11-12,16-17H,5-8,10,13H2,1-2H3/t16-,17-/m0/s1. The van der Waals surface area contributed by atoms with E-state index < -0.39 is 0 Å². The third-order valence-electron chi connectivity index (χ3n) is 4.36. The van der Waals surface area contributed by atoms with Gasteiger partial charge in [0.15, 0.2) is 0 Å². The van der Waals surface area contributed by atoms with Gasteiger partial charge in [0.25, 0.3) is 0 Å². The van der Waals surface area contributed by atoms with Crippen molar-refractivity contribution in [1.82, 2.24) is 14.7 Å². The van der Waals surface area contributed by atoms with Crippen LogP contribution in [0.2, 0.25) is 0 Å². The largest absolute Gasteiger partial charge is 0.382 e. The molecule has 0 N–H and O–H groups in total. The highest BCUT2D eigenvalue weighted by atomic mass is 32.1. The highest BCUT2D eigenvalue weighted by Gasteiger charge is 2.35. The second-order valence-corrected chi connectivity index (χ2v) is 7.07. The zero-order valence-electron chi connectivity index (χ0n) is 13.9. The van der Waals surface area contributed by atoms with Crippen molar-refractivity contribution in [2.45, 2.75) is 31.5 Å². The Hall–Kier alpha value is -1.21. The second kappa shape index (κ2) is 8.06. The van der Waals surface area contributed by atoms with Crippen LogP contribution in [0.25, 0.3) is 0 Å². The normalized spacial score (nSPS) is 22.0. The molecule has 2 aromatic heterocycles. The fourth-order valence-electron chi connectivity index (χ4n) is 3.24. The van der Waals surface area contributed by atoms with E-state index in [9.17, 15) is 0 Å². The van der Waals surface area contributed by atoms with Gasteiger partial charge >= 0.3 is 0 Å². The molecule has 126 valence electrons. The van der Waals surface area contributed by atoms with Crippen LogP contribution in [0.3, 0.4) is 0 Å². The molecule has 0 spiro atoms. The Morgan fingerprint density at radius 1 is 1.39 bits per heavy atom. The minimum Gasteiger partial charge on any atom is -0.382 e. The predicted octanol–water partition coefficient (Wildman–Crippen LogP) is 2.33. The summed E-state index contributed by atoms with van der Waals surface area (Å²) in [5, 5.41) is 6.45. The third-order valence-corrected chi connectivity index (χ3v) is 5.22. The van der Waals surface area contributed by atoms with Gasteiger partial charge in [-0.2, -0.15) is 5.10 Å². The minimum absolute atomic E-state index is 0.269. The van der Waals surface area contributed by atoms with Gasteiger partial charge in [-0.1, -0.05) is 6.07 Å². The molecular weight excluding hydrogens is 310 g/mol. The van der Waals surface area contributed by atoms with Gasteiger partial charge in [-0.05, 0) is 29.9 Å². The lowest BCUT2D eigenvalue weighted by Gasteiger charge is -2.27. The van der Waals surface area contributed by atoms with Gasteiger partial charge in [0.2, 0.25) is 0 Å². The zero-order valence-corrected chi connectivity index (χ0v) is 14.7. The zero-order chi connectivity index (χ0) is 16.1. The summed E-state index contributed by atoms with van der Waals surface area (Å²) < 4.78 is 13.1. The lowest BCUT2D eigenvalue weighted by molar-refractivity contribution is -0.00121. The molecule has 6 heteroatoms. The Kier molecular flexibility index (Phi) is 5.83. The van der Waals surface area contributed by atoms with Crippen molar-refractivity contribution in [2.75, 3.05) is 26.9 Å². The van der Waals surface area contributed by atoms with Crippen molar-refractivity contribution in [3.05, 3.63) is 40.3 Å². The molecule has 2 atom stereocenters. The highest BCUT2D eigenvalue weighted by molar-refractivity contribution is 7.09. The number of nitrogens with zero attached hydrogens (tertiary/aromatic N) is 3. The van der Waals surface area contributed by atoms with Crippen molar-refractivity contribution in [3.63, 3.8) is 0 Å². The van der Waals surface area contributed by atoms with Crippen molar-refractivity contribution in [3.8, 4) is 0 Å². The summed E-state index contributed by atoms with van der Waals surface area (Å²) in [4.78, 5) is 3.97. The number of ether oxygens (including phenoxy) is 2. The van der Waals surface area contributed by atoms with Gasteiger partial charge in [0.05, 0.1) is 25.5 Å². The minimum atomic E-state index is 0.269. The summed E-state index contributed by atoms with van der Waals surface area (Å²) in [6, 6.07) is 4.74. The summed E-state index contributed by atoms with van der Waals surface area (Å²) in [6.07, 6.45) is 6.41. The molecule has 5 nitrogen and oxygen atoms in total. The van der Waals surface area contributed by atoms with Gasteiger partial charge in [-0.25, -0.2) is 0 Å². The van der Waals surface area contributed by atoms with Crippen molar-refractivity contribution in [2.24, 2.45) is 7.05 Å². The molecule has 3 heterocycles. The maximum atomic E-state index is 6.09. The molecule has 1 fully saturated rings. The molecule has 0 unspecified atom stereocenters. The number of aromatic nitrogens is 2. The number of aryl methyl sites for hydroxylation is 1. The Balaban J connectivity index is 1.67. The lowest BCUT2D eigenvalue weighted by atomic mass is 10.0. The molecular formula is C17H25N3O2S. The van der Waals surface area contributed by atoms with Gasteiger partial charge in [-0.15, -0.1) is 11.3 Å². The lowest BCUT2D eigenvalue weighted by Crippen LogP contribution is -2.38. The van der Waals surface area contributed by atoms with Crippen LogP contribution in [0.1, 0.15) is 16.9 Å². The Bertz CT molecular complexity index is 584.